The number of halogens is 1. The van der Waals surface area contributed by atoms with Crippen molar-refractivity contribution < 1.29 is 14.0 Å². The van der Waals surface area contributed by atoms with Crippen molar-refractivity contribution in [1.82, 2.24) is 10.2 Å². The maximum Gasteiger partial charge on any atom is 0.322 e. The monoisotopic (exact) mass is 369 g/mol. The van der Waals surface area contributed by atoms with Gasteiger partial charge in [-0.3, -0.25) is 4.79 Å². The zero-order valence-electron chi connectivity index (χ0n) is 15.6. The smallest absolute Gasteiger partial charge is 0.322 e. The number of aryl methyl sites for hydroxylation is 1. The Hall–Kier alpha value is -2.89. The van der Waals surface area contributed by atoms with Crippen LogP contribution in [0.5, 0.6) is 0 Å². The SMILES string of the molecule is CNC(=O)c1ccc(NC(=O)N2CCCCC2c2ccc(F)cc2)c(C)c1. The molecule has 0 aromatic heterocycles. The van der Waals surface area contributed by atoms with Gasteiger partial charge in [-0.15, -0.1) is 0 Å². The first-order chi connectivity index (χ1) is 13.0. The molecule has 2 aromatic carbocycles. The first kappa shape index (κ1) is 18.9. The zero-order valence-corrected chi connectivity index (χ0v) is 15.6. The fourth-order valence-corrected chi connectivity index (χ4v) is 3.48. The summed E-state index contributed by atoms with van der Waals surface area (Å²) in [6, 6.07) is 11.3. The van der Waals surface area contributed by atoms with Gasteiger partial charge in [0.05, 0.1) is 6.04 Å². The molecule has 2 N–H and O–H groups in total. The molecule has 3 amide bonds. The van der Waals surface area contributed by atoms with Gasteiger partial charge in [-0.25, -0.2) is 9.18 Å². The van der Waals surface area contributed by atoms with E-state index in [-0.39, 0.29) is 23.8 Å². The minimum absolute atomic E-state index is 0.0650. The summed E-state index contributed by atoms with van der Waals surface area (Å²) < 4.78 is 13.2. The van der Waals surface area contributed by atoms with Crippen molar-refractivity contribution in [1.29, 1.82) is 0 Å². The maximum atomic E-state index is 13.2. The summed E-state index contributed by atoms with van der Waals surface area (Å²) in [5.41, 5.74) is 2.99. The van der Waals surface area contributed by atoms with E-state index in [0.29, 0.717) is 17.8 Å². The molecule has 1 aliphatic heterocycles. The van der Waals surface area contributed by atoms with E-state index in [1.54, 1.807) is 37.4 Å². The summed E-state index contributed by atoms with van der Waals surface area (Å²) in [5, 5.41) is 5.54. The molecule has 6 heteroatoms. The minimum Gasteiger partial charge on any atom is -0.355 e. The third-order valence-electron chi connectivity index (χ3n) is 4.98. The standard InChI is InChI=1S/C21H24FN3O2/c1-14-13-16(20(26)23-2)8-11-18(14)24-21(27)25-12-4-3-5-19(25)15-6-9-17(22)10-7-15/h6-11,13,19H,3-5,12H2,1-2H3,(H,23,26)(H,24,27). The third-order valence-corrected chi connectivity index (χ3v) is 4.98. The average molecular weight is 369 g/mol. The molecule has 1 fully saturated rings. The van der Waals surface area contributed by atoms with E-state index >= 15 is 0 Å². The van der Waals surface area contributed by atoms with Gasteiger partial charge in [-0.2, -0.15) is 0 Å². The van der Waals surface area contributed by atoms with Crippen molar-refractivity contribution in [2.75, 3.05) is 18.9 Å². The number of anilines is 1. The van der Waals surface area contributed by atoms with Gasteiger partial charge in [-0.05, 0) is 67.6 Å². The van der Waals surface area contributed by atoms with Crippen molar-refractivity contribution in [3.8, 4) is 0 Å². The topological polar surface area (TPSA) is 61.4 Å². The Morgan fingerprint density at radius 2 is 1.85 bits per heavy atom. The molecule has 0 spiro atoms. The number of urea groups is 1. The van der Waals surface area contributed by atoms with Gasteiger partial charge >= 0.3 is 6.03 Å². The summed E-state index contributed by atoms with van der Waals surface area (Å²) >= 11 is 0. The van der Waals surface area contributed by atoms with Crippen molar-refractivity contribution in [2.45, 2.75) is 32.2 Å². The fourth-order valence-electron chi connectivity index (χ4n) is 3.48. The predicted octanol–water partition coefficient (Wildman–Crippen LogP) is 4.25. The van der Waals surface area contributed by atoms with Gasteiger partial charge in [0.25, 0.3) is 5.91 Å². The molecule has 0 radical (unpaired) electrons. The number of nitrogens with zero attached hydrogens (tertiary/aromatic N) is 1. The second kappa shape index (κ2) is 8.20. The summed E-state index contributed by atoms with van der Waals surface area (Å²) in [4.78, 5) is 26.5. The van der Waals surface area contributed by atoms with Crippen LogP contribution in [0.3, 0.4) is 0 Å². The van der Waals surface area contributed by atoms with E-state index in [2.05, 4.69) is 10.6 Å². The number of hydrogen-bond donors (Lipinski definition) is 2. The second-order valence-corrected chi connectivity index (χ2v) is 6.80. The molecule has 1 aliphatic rings. The molecule has 2 aromatic rings. The molecule has 3 rings (SSSR count). The third kappa shape index (κ3) is 4.27. The Balaban J connectivity index is 1.77. The highest BCUT2D eigenvalue weighted by molar-refractivity contribution is 5.96. The first-order valence-corrected chi connectivity index (χ1v) is 9.15. The van der Waals surface area contributed by atoms with E-state index < -0.39 is 0 Å². The van der Waals surface area contributed by atoms with Crippen LogP contribution in [0.15, 0.2) is 42.5 Å². The molecule has 142 valence electrons. The highest BCUT2D eigenvalue weighted by atomic mass is 19.1. The summed E-state index contributed by atoms with van der Waals surface area (Å²) in [7, 11) is 1.58. The van der Waals surface area contributed by atoms with Crippen molar-refractivity contribution in [3.05, 3.63) is 65.0 Å². The lowest BCUT2D eigenvalue weighted by atomic mass is 9.95. The molecule has 1 heterocycles. The largest absolute Gasteiger partial charge is 0.355 e. The molecule has 0 aliphatic carbocycles. The second-order valence-electron chi connectivity index (χ2n) is 6.80. The van der Waals surface area contributed by atoms with E-state index in [9.17, 15) is 14.0 Å². The van der Waals surface area contributed by atoms with Crippen LogP contribution in [0.4, 0.5) is 14.9 Å². The number of rotatable bonds is 3. The number of nitrogens with one attached hydrogen (secondary N) is 2. The van der Waals surface area contributed by atoms with Gasteiger partial charge in [0, 0.05) is 24.8 Å². The van der Waals surface area contributed by atoms with Gasteiger partial charge < -0.3 is 15.5 Å². The van der Waals surface area contributed by atoms with E-state index in [4.69, 9.17) is 0 Å². The summed E-state index contributed by atoms with van der Waals surface area (Å²) in [6.07, 6.45) is 2.83. The van der Waals surface area contributed by atoms with E-state index in [1.165, 1.54) is 12.1 Å². The average Bonchev–Trinajstić information content (AvgIpc) is 2.69. The molecule has 5 nitrogen and oxygen atoms in total. The molecular formula is C21H24FN3O2. The Morgan fingerprint density at radius 3 is 2.52 bits per heavy atom. The Labute approximate surface area is 158 Å². The lowest BCUT2D eigenvalue weighted by Gasteiger charge is -2.36. The van der Waals surface area contributed by atoms with Crippen molar-refractivity contribution in [2.24, 2.45) is 0 Å². The Bertz CT molecular complexity index is 836. The molecule has 0 bridgehead atoms. The van der Waals surface area contributed by atoms with Crippen LogP contribution < -0.4 is 10.6 Å². The Morgan fingerprint density at radius 1 is 1.11 bits per heavy atom. The molecule has 1 unspecified atom stereocenters. The number of amides is 3. The molecule has 27 heavy (non-hydrogen) atoms. The zero-order chi connectivity index (χ0) is 19.4. The molecule has 1 atom stereocenters. The highest BCUT2D eigenvalue weighted by Gasteiger charge is 2.28. The highest BCUT2D eigenvalue weighted by Crippen LogP contribution is 2.31. The lowest BCUT2D eigenvalue weighted by Crippen LogP contribution is -2.41. The van der Waals surface area contributed by atoms with Crippen molar-refractivity contribution in [3.63, 3.8) is 0 Å². The number of likely N-dealkylation sites (tertiary alicyclic amines) is 1. The van der Waals surface area contributed by atoms with Gasteiger partial charge in [0.2, 0.25) is 0 Å². The van der Waals surface area contributed by atoms with Crippen LogP contribution in [0.1, 0.15) is 46.8 Å². The van der Waals surface area contributed by atoms with Gasteiger partial charge in [-0.1, -0.05) is 12.1 Å². The Kier molecular flexibility index (Phi) is 5.74. The van der Waals surface area contributed by atoms with Crippen LogP contribution in [-0.2, 0) is 0 Å². The van der Waals surface area contributed by atoms with Gasteiger partial charge in [0.1, 0.15) is 5.82 Å². The van der Waals surface area contributed by atoms with Crippen LogP contribution in [-0.4, -0.2) is 30.4 Å². The molecule has 0 saturated carbocycles. The van der Waals surface area contributed by atoms with Crippen LogP contribution in [0, 0.1) is 12.7 Å². The minimum atomic E-state index is -0.280. The molecular weight excluding hydrogens is 345 g/mol. The molecule has 1 saturated heterocycles. The van der Waals surface area contributed by atoms with E-state index in [0.717, 1.165) is 30.4 Å². The number of carbonyl (C=O) groups excluding carboxylic acids is 2. The quantitative estimate of drug-likeness (QED) is 0.849. The number of carbonyl (C=O) groups is 2. The summed E-state index contributed by atoms with van der Waals surface area (Å²) in [6.45, 7) is 2.51. The fraction of sp³-hybridized carbons (Fsp3) is 0.333. The number of piperidine rings is 1. The van der Waals surface area contributed by atoms with Gasteiger partial charge in [0.15, 0.2) is 0 Å². The predicted molar refractivity (Wildman–Crippen MR) is 103 cm³/mol. The van der Waals surface area contributed by atoms with Crippen LogP contribution in [0.2, 0.25) is 0 Å². The number of hydrogen-bond acceptors (Lipinski definition) is 2. The number of benzene rings is 2. The lowest BCUT2D eigenvalue weighted by molar-refractivity contribution is 0.0963. The van der Waals surface area contributed by atoms with E-state index in [1.807, 2.05) is 11.8 Å². The first-order valence-electron chi connectivity index (χ1n) is 9.15. The maximum absolute atomic E-state index is 13.2. The summed E-state index contributed by atoms with van der Waals surface area (Å²) in [5.74, 6) is -0.444. The normalized spacial score (nSPS) is 16.7. The van der Waals surface area contributed by atoms with Crippen LogP contribution in [0.25, 0.3) is 0 Å². The van der Waals surface area contributed by atoms with Crippen LogP contribution >= 0.6 is 0 Å². The van der Waals surface area contributed by atoms with Crippen molar-refractivity contribution >= 4 is 17.6 Å².